The van der Waals surface area contributed by atoms with E-state index in [1.54, 1.807) is 13.2 Å². The van der Waals surface area contributed by atoms with Gasteiger partial charge in [0.05, 0.1) is 23.9 Å². The number of anilines is 1. The standard InChI is InChI=1S/C22H22N4O3/c1-3-4-12-23-22(28)24-16-7-5-6-15-17(16)21(27)18-19(25-26-20(15)18)13-8-10-14(29-2)11-9-13/h5-11,20H,3-4,12H2,1-2H3,(H2,23,24,28). The number of fused-ring (bicyclic) bond motifs is 3. The molecule has 0 spiro atoms. The first-order valence-electron chi connectivity index (χ1n) is 9.66. The highest BCUT2D eigenvalue weighted by atomic mass is 16.5. The summed E-state index contributed by atoms with van der Waals surface area (Å²) >= 11 is 0. The summed E-state index contributed by atoms with van der Waals surface area (Å²) in [6.45, 7) is 2.65. The largest absolute Gasteiger partial charge is 0.497 e. The minimum absolute atomic E-state index is 0.148. The summed E-state index contributed by atoms with van der Waals surface area (Å²) in [5.74, 6) is 0.581. The van der Waals surface area contributed by atoms with E-state index in [0.29, 0.717) is 29.1 Å². The molecule has 0 aromatic heterocycles. The molecule has 1 aliphatic heterocycles. The number of benzene rings is 2. The van der Waals surface area contributed by atoms with Crippen LogP contribution < -0.4 is 15.4 Å². The van der Waals surface area contributed by atoms with Crippen LogP contribution in [0.4, 0.5) is 10.5 Å². The molecular formula is C22H22N4O3. The van der Waals surface area contributed by atoms with Crippen LogP contribution in [0, 0.1) is 0 Å². The molecule has 0 radical (unpaired) electrons. The van der Waals surface area contributed by atoms with Crippen LogP contribution in [-0.2, 0) is 0 Å². The van der Waals surface area contributed by atoms with Gasteiger partial charge in [-0.1, -0.05) is 25.5 Å². The number of carbonyl (C=O) groups excluding carboxylic acids is 2. The number of nitrogens with one attached hydrogen (secondary N) is 2. The van der Waals surface area contributed by atoms with Crippen LogP contribution in [0.15, 0.2) is 58.3 Å². The molecule has 7 nitrogen and oxygen atoms in total. The lowest BCUT2D eigenvalue weighted by atomic mass is 10.0. The van der Waals surface area contributed by atoms with Crippen LogP contribution in [0.2, 0.25) is 0 Å². The number of nitrogens with zero attached hydrogens (tertiary/aromatic N) is 2. The van der Waals surface area contributed by atoms with Crippen LogP contribution >= 0.6 is 0 Å². The first-order chi connectivity index (χ1) is 14.1. The lowest BCUT2D eigenvalue weighted by molar-refractivity contribution is 0.103. The predicted molar refractivity (Wildman–Crippen MR) is 110 cm³/mol. The summed E-state index contributed by atoms with van der Waals surface area (Å²) in [5, 5.41) is 14.2. The zero-order valence-corrected chi connectivity index (χ0v) is 16.4. The van der Waals surface area contributed by atoms with Crippen molar-refractivity contribution >= 4 is 23.2 Å². The molecule has 2 aromatic carbocycles. The minimum atomic E-state index is -0.431. The van der Waals surface area contributed by atoms with Crippen molar-refractivity contribution in [1.29, 1.82) is 0 Å². The summed E-state index contributed by atoms with van der Waals surface area (Å²) < 4.78 is 5.19. The van der Waals surface area contributed by atoms with Crippen molar-refractivity contribution in [3.05, 3.63) is 64.7 Å². The lowest BCUT2D eigenvalue weighted by Crippen LogP contribution is -2.30. The molecule has 2 aromatic rings. The van der Waals surface area contributed by atoms with Crippen LogP contribution in [0.1, 0.15) is 47.3 Å². The molecule has 4 rings (SSSR count). The lowest BCUT2D eigenvalue weighted by Gasteiger charge is -2.11. The molecule has 0 saturated carbocycles. The summed E-state index contributed by atoms with van der Waals surface area (Å²) in [7, 11) is 1.60. The number of Topliss-reactive ketones (excluding diaryl/α,β-unsaturated/α-hetero) is 1. The van der Waals surface area contributed by atoms with E-state index >= 15 is 0 Å². The number of amides is 2. The first-order valence-corrected chi connectivity index (χ1v) is 9.66. The Balaban J connectivity index is 1.65. The summed E-state index contributed by atoms with van der Waals surface area (Å²) in [4.78, 5) is 25.5. The van der Waals surface area contributed by atoms with Gasteiger partial charge in [0.25, 0.3) is 0 Å². The fourth-order valence-electron chi connectivity index (χ4n) is 3.60. The van der Waals surface area contributed by atoms with Gasteiger partial charge in [-0.25, -0.2) is 4.79 Å². The Morgan fingerprint density at radius 2 is 1.97 bits per heavy atom. The zero-order chi connectivity index (χ0) is 20.4. The maximum absolute atomic E-state index is 13.3. The van der Waals surface area contributed by atoms with Gasteiger partial charge in [0.2, 0.25) is 0 Å². The molecule has 2 amide bonds. The van der Waals surface area contributed by atoms with Gasteiger partial charge in [-0.15, -0.1) is 0 Å². The molecule has 1 heterocycles. The number of hydrogen-bond acceptors (Lipinski definition) is 5. The molecule has 2 aliphatic rings. The molecule has 0 saturated heterocycles. The molecule has 0 fully saturated rings. The number of azo groups is 1. The zero-order valence-electron chi connectivity index (χ0n) is 16.4. The van der Waals surface area contributed by atoms with Gasteiger partial charge in [0.15, 0.2) is 5.78 Å². The monoisotopic (exact) mass is 390 g/mol. The van der Waals surface area contributed by atoms with E-state index in [2.05, 4.69) is 27.8 Å². The summed E-state index contributed by atoms with van der Waals surface area (Å²) in [6.07, 6.45) is 1.90. The number of hydrogen-bond donors (Lipinski definition) is 2. The number of methoxy groups -OCH3 is 1. The maximum atomic E-state index is 13.3. The second kappa shape index (κ2) is 7.87. The van der Waals surface area contributed by atoms with Crippen LogP contribution in [0.25, 0.3) is 5.70 Å². The Morgan fingerprint density at radius 1 is 1.17 bits per heavy atom. The van der Waals surface area contributed by atoms with Gasteiger partial charge in [0, 0.05) is 12.1 Å². The quantitative estimate of drug-likeness (QED) is 0.698. The second-order valence-electron chi connectivity index (χ2n) is 6.94. The number of urea groups is 1. The van der Waals surface area contributed by atoms with Gasteiger partial charge in [0.1, 0.15) is 17.5 Å². The van der Waals surface area contributed by atoms with E-state index in [9.17, 15) is 9.59 Å². The Bertz CT molecular complexity index is 1020. The van der Waals surface area contributed by atoms with Crippen molar-refractivity contribution in [3.8, 4) is 5.75 Å². The highest BCUT2D eigenvalue weighted by Gasteiger charge is 2.42. The molecule has 1 atom stereocenters. The third-order valence-electron chi connectivity index (χ3n) is 5.09. The number of unbranched alkanes of at least 4 members (excludes halogenated alkanes) is 1. The highest BCUT2D eigenvalue weighted by molar-refractivity contribution is 6.22. The summed E-state index contributed by atoms with van der Waals surface area (Å²) in [5.41, 5.74) is 3.67. The maximum Gasteiger partial charge on any atom is 0.319 e. The third-order valence-corrected chi connectivity index (χ3v) is 5.09. The Labute approximate surface area is 168 Å². The third kappa shape index (κ3) is 3.40. The van der Waals surface area contributed by atoms with E-state index in [1.165, 1.54) is 0 Å². The molecule has 0 bridgehead atoms. The molecule has 148 valence electrons. The number of ether oxygens (including phenoxy) is 1. The van der Waals surface area contributed by atoms with Gasteiger partial charge >= 0.3 is 6.03 Å². The average molecular weight is 390 g/mol. The molecule has 29 heavy (non-hydrogen) atoms. The Hall–Kier alpha value is -3.48. The number of rotatable bonds is 6. The normalized spacial score (nSPS) is 16.6. The Kier molecular flexibility index (Phi) is 5.12. The first kappa shape index (κ1) is 18.9. The fraction of sp³-hybridized carbons (Fsp3) is 0.273. The van der Waals surface area contributed by atoms with Crippen molar-refractivity contribution in [3.63, 3.8) is 0 Å². The van der Waals surface area contributed by atoms with Gasteiger partial charge in [-0.05, 0) is 42.3 Å². The SMILES string of the molecule is CCCCNC(=O)Nc1cccc2c1C(=O)C1=C(c3ccc(OC)cc3)N=NC12. The summed E-state index contributed by atoms with van der Waals surface area (Å²) in [6, 6.07) is 12.0. The molecule has 2 N–H and O–H groups in total. The van der Waals surface area contributed by atoms with E-state index < -0.39 is 6.04 Å². The van der Waals surface area contributed by atoms with E-state index in [4.69, 9.17) is 4.74 Å². The molecule has 7 heteroatoms. The van der Waals surface area contributed by atoms with Crippen molar-refractivity contribution in [2.75, 3.05) is 19.0 Å². The van der Waals surface area contributed by atoms with Crippen molar-refractivity contribution in [2.24, 2.45) is 10.2 Å². The molecule has 1 aliphatic carbocycles. The fourth-order valence-corrected chi connectivity index (χ4v) is 3.60. The van der Waals surface area contributed by atoms with Crippen molar-refractivity contribution in [2.45, 2.75) is 25.8 Å². The molecule has 1 unspecified atom stereocenters. The number of ketones is 1. The highest BCUT2D eigenvalue weighted by Crippen LogP contribution is 2.48. The van der Waals surface area contributed by atoms with Crippen LogP contribution in [0.3, 0.4) is 0 Å². The number of carbonyl (C=O) groups is 2. The van der Waals surface area contributed by atoms with E-state index in [1.807, 2.05) is 36.4 Å². The van der Waals surface area contributed by atoms with Gasteiger partial charge in [-0.3, -0.25) is 4.79 Å². The van der Waals surface area contributed by atoms with Crippen molar-refractivity contribution < 1.29 is 14.3 Å². The van der Waals surface area contributed by atoms with Crippen LogP contribution in [0.5, 0.6) is 5.75 Å². The van der Waals surface area contributed by atoms with Gasteiger partial charge in [-0.2, -0.15) is 10.2 Å². The van der Waals surface area contributed by atoms with E-state index in [-0.39, 0.29) is 11.8 Å². The Morgan fingerprint density at radius 3 is 2.69 bits per heavy atom. The topological polar surface area (TPSA) is 92.2 Å². The molecular weight excluding hydrogens is 368 g/mol. The minimum Gasteiger partial charge on any atom is -0.497 e. The average Bonchev–Trinajstić information content (AvgIpc) is 3.29. The predicted octanol–water partition coefficient (Wildman–Crippen LogP) is 4.73. The second-order valence-corrected chi connectivity index (χ2v) is 6.94. The smallest absolute Gasteiger partial charge is 0.319 e. The van der Waals surface area contributed by atoms with E-state index in [0.717, 1.165) is 29.7 Å². The van der Waals surface area contributed by atoms with Gasteiger partial charge < -0.3 is 15.4 Å². The van der Waals surface area contributed by atoms with Crippen LogP contribution in [-0.4, -0.2) is 25.5 Å². The van der Waals surface area contributed by atoms with Crippen molar-refractivity contribution in [1.82, 2.24) is 5.32 Å².